The number of carboxylic acids is 1. The van der Waals surface area contributed by atoms with Crippen LogP contribution < -0.4 is 9.64 Å². The second kappa shape index (κ2) is 7.65. The van der Waals surface area contributed by atoms with E-state index in [2.05, 4.69) is 17.0 Å². The van der Waals surface area contributed by atoms with Crippen molar-refractivity contribution in [1.82, 2.24) is 0 Å². The highest BCUT2D eigenvalue weighted by molar-refractivity contribution is 6.30. The van der Waals surface area contributed by atoms with Gasteiger partial charge in [0.05, 0.1) is 24.4 Å². The molecule has 0 amide bonds. The minimum absolute atomic E-state index is 0.206. The van der Waals surface area contributed by atoms with Crippen LogP contribution in [0.1, 0.15) is 45.8 Å². The summed E-state index contributed by atoms with van der Waals surface area (Å²) < 4.78 is 12.2. The normalized spacial score (nSPS) is 20.0. The highest BCUT2D eigenvalue weighted by Crippen LogP contribution is 2.45. The minimum atomic E-state index is -0.951. The third-order valence-electron chi connectivity index (χ3n) is 6.43. The Morgan fingerprint density at radius 3 is 2.84 bits per heavy atom. The lowest BCUT2D eigenvalue weighted by molar-refractivity contribution is 0.0697. The quantitative estimate of drug-likeness (QED) is 0.576. The molecule has 6 heteroatoms. The van der Waals surface area contributed by atoms with Crippen LogP contribution in [0.2, 0.25) is 5.02 Å². The molecule has 0 bridgehead atoms. The number of anilines is 1. The van der Waals surface area contributed by atoms with Crippen LogP contribution in [0.5, 0.6) is 5.75 Å². The molecule has 1 aliphatic carbocycles. The number of benzene rings is 2. The molecule has 160 valence electrons. The number of rotatable bonds is 3. The molecule has 1 N–H and O–H groups in total. The molecule has 31 heavy (non-hydrogen) atoms. The Morgan fingerprint density at radius 1 is 1.19 bits per heavy atom. The maximum atomic E-state index is 11.6. The van der Waals surface area contributed by atoms with Crippen molar-refractivity contribution in [2.45, 2.75) is 38.1 Å². The summed E-state index contributed by atoms with van der Waals surface area (Å²) in [7, 11) is 0. The van der Waals surface area contributed by atoms with Gasteiger partial charge in [-0.2, -0.15) is 0 Å². The van der Waals surface area contributed by atoms with Crippen LogP contribution in [0.4, 0.5) is 5.69 Å². The standard InChI is InChI=1S/C25H24ClNO4/c1-16-4-7-20(31-16)13-27-14-25(10-2-3-17-11-19(26)6-8-21(17)25)15-30-23-9-5-18(24(28)29)12-22(23)27/h4-9,11-12H,2-3,10,13-15H2,1H3,(H,28,29). The van der Waals surface area contributed by atoms with Gasteiger partial charge >= 0.3 is 5.97 Å². The van der Waals surface area contributed by atoms with Crippen LogP contribution in [0, 0.1) is 6.92 Å². The molecule has 1 unspecified atom stereocenters. The van der Waals surface area contributed by atoms with E-state index in [1.54, 1.807) is 18.2 Å². The predicted molar refractivity (Wildman–Crippen MR) is 119 cm³/mol. The van der Waals surface area contributed by atoms with Gasteiger partial charge in [-0.15, -0.1) is 0 Å². The lowest BCUT2D eigenvalue weighted by Gasteiger charge is -2.40. The first-order chi connectivity index (χ1) is 14.9. The van der Waals surface area contributed by atoms with E-state index in [9.17, 15) is 9.90 Å². The van der Waals surface area contributed by atoms with E-state index in [4.69, 9.17) is 20.8 Å². The van der Waals surface area contributed by atoms with Crippen molar-refractivity contribution in [3.8, 4) is 5.75 Å². The van der Waals surface area contributed by atoms with Gasteiger partial charge in [0.15, 0.2) is 0 Å². The Bertz CT molecular complexity index is 1150. The Labute approximate surface area is 186 Å². The van der Waals surface area contributed by atoms with Crippen molar-refractivity contribution in [2.24, 2.45) is 0 Å². The third kappa shape index (κ3) is 3.68. The summed E-state index contributed by atoms with van der Waals surface area (Å²) in [6.07, 6.45) is 3.06. The molecular formula is C25H24ClNO4. The number of halogens is 1. The average molecular weight is 438 g/mol. The molecule has 5 rings (SSSR count). The summed E-state index contributed by atoms with van der Waals surface area (Å²) in [5.74, 6) is 1.45. The van der Waals surface area contributed by atoms with Crippen molar-refractivity contribution in [1.29, 1.82) is 0 Å². The van der Waals surface area contributed by atoms with Crippen LogP contribution in [0.15, 0.2) is 52.9 Å². The molecule has 2 aromatic carbocycles. The maximum Gasteiger partial charge on any atom is 0.335 e. The van der Waals surface area contributed by atoms with Gasteiger partial charge in [0, 0.05) is 17.0 Å². The fourth-order valence-corrected chi connectivity index (χ4v) is 5.18. The van der Waals surface area contributed by atoms with E-state index in [1.165, 1.54) is 11.1 Å². The van der Waals surface area contributed by atoms with Crippen molar-refractivity contribution in [2.75, 3.05) is 18.1 Å². The largest absolute Gasteiger partial charge is 0.490 e. The van der Waals surface area contributed by atoms with Crippen molar-refractivity contribution < 1.29 is 19.1 Å². The SMILES string of the molecule is Cc1ccc(CN2CC3(CCCc4cc(Cl)ccc43)COc3ccc(C(=O)O)cc32)o1. The van der Waals surface area contributed by atoms with Crippen LogP contribution in [-0.4, -0.2) is 24.2 Å². The van der Waals surface area contributed by atoms with Crippen LogP contribution in [0.25, 0.3) is 0 Å². The molecule has 2 heterocycles. The van der Waals surface area contributed by atoms with E-state index in [0.717, 1.165) is 41.5 Å². The zero-order valence-electron chi connectivity index (χ0n) is 17.4. The number of fused-ring (bicyclic) bond motifs is 3. The maximum absolute atomic E-state index is 11.6. The average Bonchev–Trinajstić information content (AvgIpc) is 3.09. The molecule has 3 aromatic rings. The number of hydrogen-bond donors (Lipinski definition) is 1. The van der Waals surface area contributed by atoms with E-state index in [0.29, 0.717) is 25.4 Å². The van der Waals surface area contributed by atoms with Gasteiger partial charge in [0.25, 0.3) is 0 Å². The second-order valence-corrected chi connectivity index (χ2v) is 9.02. The molecule has 2 aliphatic rings. The first-order valence-electron chi connectivity index (χ1n) is 10.5. The number of nitrogens with zero attached hydrogens (tertiary/aromatic N) is 1. The molecule has 0 saturated carbocycles. The first-order valence-corrected chi connectivity index (χ1v) is 10.9. The third-order valence-corrected chi connectivity index (χ3v) is 6.66. The van der Waals surface area contributed by atoms with Gasteiger partial charge < -0.3 is 19.2 Å². The predicted octanol–water partition coefficient (Wildman–Crippen LogP) is 5.61. The highest BCUT2D eigenvalue weighted by Gasteiger charge is 2.42. The zero-order chi connectivity index (χ0) is 21.6. The molecule has 1 aliphatic heterocycles. The lowest BCUT2D eigenvalue weighted by atomic mass is 9.70. The number of carbonyl (C=O) groups is 1. The van der Waals surface area contributed by atoms with Crippen LogP contribution in [0.3, 0.4) is 0 Å². The molecule has 0 fully saturated rings. The number of aromatic carboxylic acids is 1. The fraction of sp³-hybridized carbons (Fsp3) is 0.320. The summed E-state index contributed by atoms with van der Waals surface area (Å²) >= 11 is 6.28. The number of ether oxygens (including phenoxy) is 1. The van der Waals surface area contributed by atoms with Gasteiger partial charge in [-0.3, -0.25) is 0 Å². The molecule has 0 saturated heterocycles. The summed E-state index contributed by atoms with van der Waals surface area (Å²) in [4.78, 5) is 13.8. The second-order valence-electron chi connectivity index (χ2n) is 8.58. The number of hydrogen-bond acceptors (Lipinski definition) is 4. The smallest absolute Gasteiger partial charge is 0.335 e. The summed E-state index contributed by atoms with van der Waals surface area (Å²) in [6.45, 7) is 3.71. The Morgan fingerprint density at radius 2 is 2.06 bits per heavy atom. The summed E-state index contributed by atoms with van der Waals surface area (Å²) in [5.41, 5.74) is 3.37. The van der Waals surface area contributed by atoms with E-state index in [1.807, 2.05) is 25.1 Å². The van der Waals surface area contributed by atoms with Crippen molar-refractivity contribution in [3.63, 3.8) is 0 Å². The first kappa shape index (κ1) is 20.0. The molecule has 1 aromatic heterocycles. The van der Waals surface area contributed by atoms with Crippen LogP contribution >= 0.6 is 11.6 Å². The monoisotopic (exact) mass is 437 g/mol. The molecule has 1 spiro atoms. The summed E-state index contributed by atoms with van der Waals surface area (Å²) in [5, 5.41) is 10.3. The fourth-order valence-electron chi connectivity index (χ4n) is 4.98. The van der Waals surface area contributed by atoms with E-state index in [-0.39, 0.29) is 11.0 Å². The number of furan rings is 1. The lowest BCUT2D eigenvalue weighted by Crippen LogP contribution is -2.45. The van der Waals surface area contributed by atoms with Gasteiger partial charge in [0.1, 0.15) is 17.3 Å². The van der Waals surface area contributed by atoms with Gasteiger partial charge in [-0.05, 0) is 79.8 Å². The van der Waals surface area contributed by atoms with Crippen molar-refractivity contribution in [3.05, 3.63) is 81.8 Å². The molecular weight excluding hydrogens is 414 g/mol. The van der Waals surface area contributed by atoms with Gasteiger partial charge in [-0.25, -0.2) is 4.79 Å². The van der Waals surface area contributed by atoms with E-state index < -0.39 is 5.97 Å². The summed E-state index contributed by atoms with van der Waals surface area (Å²) in [6, 6.07) is 15.2. The number of carboxylic acid groups (broad SMARTS) is 1. The molecule has 5 nitrogen and oxygen atoms in total. The Balaban J connectivity index is 1.61. The van der Waals surface area contributed by atoms with Crippen molar-refractivity contribution >= 4 is 23.3 Å². The minimum Gasteiger partial charge on any atom is -0.490 e. The molecule has 1 atom stereocenters. The number of aryl methyl sites for hydroxylation is 2. The zero-order valence-corrected chi connectivity index (χ0v) is 18.1. The van der Waals surface area contributed by atoms with Gasteiger partial charge in [0.2, 0.25) is 0 Å². The van der Waals surface area contributed by atoms with E-state index >= 15 is 0 Å². The Kier molecular flexibility index (Phi) is 4.94. The highest BCUT2D eigenvalue weighted by atomic mass is 35.5. The topological polar surface area (TPSA) is 62.9 Å². The van der Waals surface area contributed by atoms with Crippen LogP contribution in [-0.2, 0) is 18.4 Å². The Hall–Kier alpha value is -2.92. The van der Waals surface area contributed by atoms with Gasteiger partial charge in [-0.1, -0.05) is 17.7 Å². The molecule has 0 radical (unpaired) electrons.